The zero-order valence-corrected chi connectivity index (χ0v) is 14.4. The lowest BCUT2D eigenvalue weighted by molar-refractivity contribution is -0.287. The van der Waals surface area contributed by atoms with E-state index in [1.807, 2.05) is 13.8 Å². The Balaban J connectivity index is 2.12. The van der Waals surface area contributed by atoms with Gasteiger partial charge in [0.1, 0.15) is 0 Å². The second kappa shape index (κ2) is 5.90. The molecule has 1 heterocycles. The highest BCUT2D eigenvalue weighted by molar-refractivity contribution is 5.76. The molecule has 0 bridgehead atoms. The number of hydrogen-bond acceptors (Lipinski definition) is 4. The van der Waals surface area contributed by atoms with Gasteiger partial charge in [0.15, 0.2) is 11.5 Å². The molecule has 6 heteroatoms. The summed E-state index contributed by atoms with van der Waals surface area (Å²) in [7, 11) is 0. The van der Waals surface area contributed by atoms with Crippen molar-refractivity contribution < 1.29 is 27.8 Å². The maximum absolute atomic E-state index is 13.7. The van der Waals surface area contributed by atoms with Crippen molar-refractivity contribution in [1.29, 1.82) is 0 Å². The summed E-state index contributed by atoms with van der Waals surface area (Å²) in [5, 5.41) is 0. The monoisotopic (exact) mass is 340 g/mol. The van der Waals surface area contributed by atoms with Crippen LogP contribution in [-0.2, 0) is 28.8 Å². The van der Waals surface area contributed by atoms with E-state index in [2.05, 4.69) is 0 Å². The van der Waals surface area contributed by atoms with Crippen LogP contribution >= 0.6 is 0 Å². The summed E-state index contributed by atoms with van der Waals surface area (Å²) >= 11 is 0. The molecule has 2 aliphatic rings. The van der Waals surface area contributed by atoms with E-state index in [9.17, 15) is 13.6 Å². The number of benzene rings is 1. The van der Waals surface area contributed by atoms with Crippen LogP contribution in [0.3, 0.4) is 0 Å². The minimum atomic E-state index is -3.65. The van der Waals surface area contributed by atoms with E-state index in [0.29, 0.717) is 12.0 Å². The summed E-state index contributed by atoms with van der Waals surface area (Å²) in [6, 6.07) is 0. The first kappa shape index (κ1) is 17.0. The fraction of sp³-hybridized carbons (Fsp3) is 0.611. The molecule has 0 saturated heterocycles. The van der Waals surface area contributed by atoms with Gasteiger partial charge in [0.2, 0.25) is 0 Å². The van der Waals surface area contributed by atoms with Crippen molar-refractivity contribution in [3.05, 3.63) is 22.3 Å². The lowest BCUT2D eigenvalue weighted by atomic mass is 9.87. The molecule has 1 aromatic rings. The lowest BCUT2D eigenvalue weighted by Crippen LogP contribution is -2.26. The van der Waals surface area contributed by atoms with Crippen molar-refractivity contribution in [2.45, 2.75) is 71.7 Å². The zero-order valence-electron chi connectivity index (χ0n) is 14.4. The van der Waals surface area contributed by atoms with E-state index < -0.39 is 6.29 Å². The molecule has 1 aliphatic heterocycles. The quantitative estimate of drug-likeness (QED) is 0.774. The Hall–Kier alpha value is -1.85. The van der Waals surface area contributed by atoms with Crippen LogP contribution in [0.15, 0.2) is 0 Å². The van der Waals surface area contributed by atoms with Crippen LogP contribution in [0.4, 0.5) is 8.78 Å². The largest absolute Gasteiger partial charge is 0.586 e. The number of esters is 1. The minimum Gasteiger partial charge on any atom is -0.463 e. The van der Waals surface area contributed by atoms with Crippen LogP contribution in [0.25, 0.3) is 0 Å². The number of hydrogen-bond donors (Lipinski definition) is 0. The number of fused-ring (bicyclic) bond motifs is 3. The molecular formula is C18H22F2O4. The first-order valence-corrected chi connectivity index (χ1v) is 8.35. The average molecular weight is 340 g/mol. The summed E-state index contributed by atoms with van der Waals surface area (Å²) in [6.45, 7) is 7.36. The number of rotatable bonds is 4. The fourth-order valence-corrected chi connectivity index (χ4v) is 3.62. The van der Waals surface area contributed by atoms with Crippen LogP contribution in [-0.4, -0.2) is 18.4 Å². The SMILES string of the molecule is CC(C)OC(=O)Cc1c2c(c3c(c1C(C)C)OC(F)(F)O3)CCC2. The van der Waals surface area contributed by atoms with Gasteiger partial charge in [-0.15, -0.1) is 8.78 Å². The second-order valence-electron chi connectivity index (χ2n) is 6.90. The van der Waals surface area contributed by atoms with Crippen molar-refractivity contribution in [2.24, 2.45) is 0 Å². The molecule has 24 heavy (non-hydrogen) atoms. The maximum atomic E-state index is 13.7. The van der Waals surface area contributed by atoms with Gasteiger partial charge in [-0.1, -0.05) is 13.8 Å². The van der Waals surface area contributed by atoms with Crippen molar-refractivity contribution in [3.8, 4) is 11.5 Å². The van der Waals surface area contributed by atoms with E-state index in [0.717, 1.165) is 29.5 Å². The minimum absolute atomic E-state index is 0.0657. The smallest absolute Gasteiger partial charge is 0.463 e. The lowest BCUT2D eigenvalue weighted by Gasteiger charge is -2.20. The summed E-state index contributed by atoms with van der Waals surface area (Å²) < 4.78 is 42.2. The van der Waals surface area contributed by atoms with Gasteiger partial charge in [-0.25, -0.2) is 0 Å². The summed E-state index contributed by atoms with van der Waals surface area (Å²) in [5.41, 5.74) is 3.09. The topological polar surface area (TPSA) is 44.8 Å². The van der Waals surface area contributed by atoms with Crippen molar-refractivity contribution >= 4 is 5.97 Å². The van der Waals surface area contributed by atoms with Crippen LogP contribution in [0, 0.1) is 0 Å². The second-order valence-corrected chi connectivity index (χ2v) is 6.90. The third kappa shape index (κ3) is 2.94. The molecule has 1 aliphatic carbocycles. The first-order valence-electron chi connectivity index (χ1n) is 8.35. The van der Waals surface area contributed by atoms with Crippen molar-refractivity contribution in [3.63, 3.8) is 0 Å². The molecule has 0 aromatic heterocycles. The van der Waals surface area contributed by atoms with E-state index in [1.165, 1.54) is 0 Å². The van der Waals surface area contributed by atoms with Gasteiger partial charge in [0.25, 0.3) is 0 Å². The Kier molecular flexibility index (Phi) is 4.18. The molecule has 0 N–H and O–H groups in total. The molecule has 0 spiro atoms. The third-order valence-corrected chi connectivity index (χ3v) is 4.34. The Morgan fingerprint density at radius 2 is 1.75 bits per heavy atom. The van der Waals surface area contributed by atoms with Crippen LogP contribution in [0.1, 0.15) is 62.3 Å². The van der Waals surface area contributed by atoms with E-state index in [-0.39, 0.29) is 35.9 Å². The van der Waals surface area contributed by atoms with Crippen molar-refractivity contribution in [2.75, 3.05) is 0 Å². The van der Waals surface area contributed by atoms with Crippen molar-refractivity contribution in [1.82, 2.24) is 0 Å². The number of alkyl halides is 2. The fourth-order valence-electron chi connectivity index (χ4n) is 3.62. The van der Waals surface area contributed by atoms with Crippen LogP contribution in [0.5, 0.6) is 11.5 Å². The normalized spacial score (nSPS) is 17.5. The van der Waals surface area contributed by atoms with Gasteiger partial charge < -0.3 is 14.2 Å². The van der Waals surface area contributed by atoms with Gasteiger partial charge >= 0.3 is 12.3 Å². The summed E-state index contributed by atoms with van der Waals surface area (Å²) in [4.78, 5) is 12.2. The van der Waals surface area contributed by atoms with Gasteiger partial charge in [-0.05, 0) is 50.2 Å². The molecule has 3 rings (SSSR count). The first-order chi connectivity index (χ1) is 11.2. The Labute approximate surface area is 140 Å². The summed E-state index contributed by atoms with van der Waals surface area (Å²) in [6.07, 6.45) is -1.55. The van der Waals surface area contributed by atoms with Gasteiger partial charge in [-0.3, -0.25) is 4.79 Å². The van der Waals surface area contributed by atoms with E-state index in [4.69, 9.17) is 14.2 Å². The predicted molar refractivity (Wildman–Crippen MR) is 83.7 cm³/mol. The predicted octanol–water partition coefficient (Wildman–Crippen LogP) is 4.11. The molecule has 0 atom stereocenters. The third-order valence-electron chi connectivity index (χ3n) is 4.34. The zero-order chi connectivity index (χ0) is 17.6. The molecule has 132 valence electrons. The molecular weight excluding hydrogens is 318 g/mol. The number of carbonyl (C=O) groups excluding carboxylic acids is 1. The van der Waals surface area contributed by atoms with Gasteiger partial charge in [0.05, 0.1) is 12.5 Å². The summed E-state index contributed by atoms with van der Waals surface area (Å²) in [5.74, 6) is -0.198. The van der Waals surface area contributed by atoms with E-state index >= 15 is 0 Å². The van der Waals surface area contributed by atoms with Gasteiger partial charge in [0, 0.05) is 11.1 Å². The Morgan fingerprint density at radius 1 is 1.12 bits per heavy atom. The Morgan fingerprint density at radius 3 is 2.38 bits per heavy atom. The molecule has 0 fully saturated rings. The highest BCUT2D eigenvalue weighted by atomic mass is 19.3. The number of carbonyl (C=O) groups is 1. The Bertz CT molecular complexity index is 680. The molecule has 0 unspecified atom stereocenters. The van der Waals surface area contributed by atoms with E-state index in [1.54, 1.807) is 13.8 Å². The van der Waals surface area contributed by atoms with Crippen LogP contribution < -0.4 is 9.47 Å². The molecule has 0 saturated carbocycles. The van der Waals surface area contributed by atoms with Gasteiger partial charge in [-0.2, -0.15) is 0 Å². The maximum Gasteiger partial charge on any atom is 0.586 e. The van der Waals surface area contributed by atoms with Crippen LogP contribution in [0.2, 0.25) is 0 Å². The molecule has 0 amide bonds. The highest BCUT2D eigenvalue weighted by Gasteiger charge is 2.48. The molecule has 0 radical (unpaired) electrons. The number of ether oxygens (including phenoxy) is 3. The highest BCUT2D eigenvalue weighted by Crippen LogP contribution is 2.53. The average Bonchev–Trinajstić information content (AvgIpc) is 3.00. The standard InChI is InChI=1S/C18H22F2O4/c1-9(2)15-13(8-14(21)22-10(3)4)11-6-5-7-12(11)16-17(15)24-18(19,20)23-16/h9-10H,5-8H2,1-4H3. The number of halogens is 2. The molecule has 4 nitrogen and oxygen atoms in total. The molecule has 1 aromatic carbocycles.